The van der Waals surface area contributed by atoms with Crippen molar-refractivity contribution in [3.63, 3.8) is 0 Å². The number of morpholine rings is 1. The highest BCUT2D eigenvalue weighted by Crippen LogP contribution is 2.27. The number of aromatic nitrogens is 4. The molecule has 1 aliphatic rings. The Bertz CT molecular complexity index is 1080. The molecule has 10 heteroatoms. The summed E-state index contributed by atoms with van der Waals surface area (Å²) >= 11 is 0. The van der Waals surface area contributed by atoms with Gasteiger partial charge in [0.25, 0.3) is 0 Å². The Morgan fingerprint density at radius 1 is 1.34 bits per heavy atom. The summed E-state index contributed by atoms with van der Waals surface area (Å²) in [6.07, 6.45) is 1.99. The summed E-state index contributed by atoms with van der Waals surface area (Å²) in [5.74, 6) is 0.537. The maximum Gasteiger partial charge on any atom is 0.318 e. The largest absolute Gasteiger partial charge is 0.388 e. The number of nitrogens with one attached hydrogen (secondary N) is 3. The lowest BCUT2D eigenvalue weighted by molar-refractivity contribution is -0.0486. The van der Waals surface area contributed by atoms with Crippen molar-refractivity contribution in [1.29, 1.82) is 0 Å². The minimum Gasteiger partial charge on any atom is -0.388 e. The van der Waals surface area contributed by atoms with E-state index in [0.717, 1.165) is 23.2 Å². The van der Waals surface area contributed by atoms with E-state index in [4.69, 9.17) is 9.72 Å². The first-order chi connectivity index (χ1) is 15.3. The molecule has 1 aromatic carbocycles. The Morgan fingerprint density at radius 2 is 2.12 bits per heavy atom. The number of carbonyl (C=O) groups excluding carboxylic acids is 1. The van der Waals surface area contributed by atoms with E-state index in [2.05, 4.69) is 37.6 Å². The molecular weight excluding hydrogens is 410 g/mol. The fourth-order valence-corrected chi connectivity index (χ4v) is 3.92. The number of anilines is 1. The van der Waals surface area contributed by atoms with Gasteiger partial charge in [0, 0.05) is 43.9 Å². The molecule has 2 aromatic heterocycles. The molecule has 1 fully saturated rings. The second-order valence-electron chi connectivity index (χ2n) is 8.47. The molecule has 0 aliphatic carbocycles. The molecule has 170 valence electrons. The van der Waals surface area contributed by atoms with Crippen molar-refractivity contribution in [2.45, 2.75) is 31.9 Å². The van der Waals surface area contributed by atoms with Gasteiger partial charge in [-0.25, -0.2) is 14.8 Å². The summed E-state index contributed by atoms with van der Waals surface area (Å²) in [5, 5.41) is 24.2. The number of hydrogen-bond acceptors (Lipinski definition) is 7. The quantitative estimate of drug-likeness (QED) is 0.461. The summed E-state index contributed by atoms with van der Waals surface area (Å²) in [7, 11) is 1.57. The maximum atomic E-state index is 11.5. The van der Waals surface area contributed by atoms with E-state index in [0.29, 0.717) is 43.3 Å². The Kier molecular flexibility index (Phi) is 6.35. The zero-order chi connectivity index (χ0) is 22.7. The summed E-state index contributed by atoms with van der Waals surface area (Å²) in [5.41, 5.74) is 1.88. The van der Waals surface area contributed by atoms with Crippen molar-refractivity contribution in [3.05, 3.63) is 36.3 Å². The van der Waals surface area contributed by atoms with Crippen molar-refractivity contribution in [2.75, 3.05) is 38.7 Å². The van der Waals surface area contributed by atoms with Gasteiger partial charge in [0.15, 0.2) is 5.65 Å². The van der Waals surface area contributed by atoms with Crippen LogP contribution in [0.3, 0.4) is 0 Å². The monoisotopic (exact) mass is 439 g/mol. The number of H-pyrrole nitrogens is 1. The van der Waals surface area contributed by atoms with E-state index in [1.807, 2.05) is 31.2 Å². The van der Waals surface area contributed by atoms with Gasteiger partial charge in [-0.3, -0.25) is 10.00 Å². The molecule has 2 amide bonds. The van der Waals surface area contributed by atoms with Crippen LogP contribution in [-0.4, -0.2) is 81.2 Å². The highest BCUT2D eigenvalue weighted by molar-refractivity contribution is 5.92. The molecule has 10 nitrogen and oxygen atoms in total. The van der Waals surface area contributed by atoms with E-state index < -0.39 is 5.60 Å². The average molecular weight is 440 g/mol. The van der Waals surface area contributed by atoms with Crippen LogP contribution in [0, 0.1) is 0 Å². The maximum absolute atomic E-state index is 11.5. The Labute approximate surface area is 186 Å². The van der Waals surface area contributed by atoms with Gasteiger partial charge in [-0.1, -0.05) is 12.1 Å². The molecule has 0 radical (unpaired) electrons. The molecule has 0 spiro atoms. The van der Waals surface area contributed by atoms with Gasteiger partial charge in [0.05, 0.1) is 36.1 Å². The van der Waals surface area contributed by atoms with E-state index >= 15 is 0 Å². The number of ether oxygens (including phenoxy) is 1. The number of aromatic amines is 1. The van der Waals surface area contributed by atoms with Crippen LogP contribution in [0.25, 0.3) is 22.3 Å². The number of benzene rings is 1. The fourth-order valence-electron chi connectivity index (χ4n) is 3.92. The van der Waals surface area contributed by atoms with E-state index in [9.17, 15) is 9.90 Å². The van der Waals surface area contributed by atoms with Gasteiger partial charge in [0.1, 0.15) is 5.82 Å². The molecule has 1 unspecified atom stereocenters. The number of nitrogens with zero attached hydrogens (tertiary/aromatic N) is 4. The molecule has 3 aromatic rings. The summed E-state index contributed by atoms with van der Waals surface area (Å²) < 4.78 is 5.50. The molecule has 32 heavy (non-hydrogen) atoms. The predicted molar refractivity (Wildman–Crippen MR) is 121 cm³/mol. The normalized spacial score (nSPS) is 18.9. The molecule has 1 aliphatic heterocycles. The van der Waals surface area contributed by atoms with Crippen molar-refractivity contribution in [3.8, 4) is 11.3 Å². The average Bonchev–Trinajstić information content (AvgIpc) is 3.23. The van der Waals surface area contributed by atoms with Crippen molar-refractivity contribution >= 4 is 22.8 Å². The molecule has 3 heterocycles. The molecular formula is C22H29N7O3. The summed E-state index contributed by atoms with van der Waals surface area (Å²) in [6, 6.07) is 7.37. The first-order valence-corrected chi connectivity index (χ1v) is 10.7. The molecule has 1 saturated heterocycles. The Balaban J connectivity index is 1.58. The van der Waals surface area contributed by atoms with E-state index in [1.165, 1.54) is 0 Å². The lowest BCUT2D eigenvalue weighted by atomic mass is 9.99. The van der Waals surface area contributed by atoms with Gasteiger partial charge in [-0.2, -0.15) is 5.10 Å². The van der Waals surface area contributed by atoms with Crippen LogP contribution in [0.2, 0.25) is 0 Å². The highest BCUT2D eigenvalue weighted by atomic mass is 16.5. The zero-order valence-electron chi connectivity index (χ0n) is 18.6. The van der Waals surface area contributed by atoms with Crippen LogP contribution in [0.15, 0.2) is 30.5 Å². The number of fused-ring (bicyclic) bond motifs is 1. The number of carbonyl (C=O) groups is 1. The van der Waals surface area contributed by atoms with Crippen LogP contribution in [0.1, 0.15) is 19.7 Å². The predicted octanol–water partition coefficient (Wildman–Crippen LogP) is 1.79. The van der Waals surface area contributed by atoms with Crippen molar-refractivity contribution in [2.24, 2.45) is 0 Å². The molecule has 4 N–H and O–H groups in total. The number of β-amino-alcohol motifs (C(OH)–C–C–N with tert-alkyl or cyclic N) is 1. The number of aliphatic hydroxyl groups is 1. The number of amides is 2. The topological polar surface area (TPSA) is 128 Å². The third kappa shape index (κ3) is 5.04. The van der Waals surface area contributed by atoms with Crippen molar-refractivity contribution < 1.29 is 14.6 Å². The third-order valence-electron chi connectivity index (χ3n) is 5.59. The second kappa shape index (κ2) is 9.19. The third-order valence-corrected chi connectivity index (χ3v) is 5.59. The first-order valence-electron chi connectivity index (χ1n) is 10.7. The minimum absolute atomic E-state index is 0.253. The number of hydrogen-bond donors (Lipinski definition) is 4. The first kappa shape index (κ1) is 22.1. The molecule has 2 atom stereocenters. The zero-order valence-corrected chi connectivity index (χ0v) is 18.6. The lowest BCUT2D eigenvalue weighted by Gasteiger charge is -2.38. The van der Waals surface area contributed by atoms with Gasteiger partial charge in [-0.15, -0.1) is 0 Å². The van der Waals surface area contributed by atoms with Crippen LogP contribution < -0.4 is 10.6 Å². The SMILES string of the molecule is CNC(=O)Nc1ccc(-c2nc(CC(C)(O)CN3CCOC[C@H]3C)nc3[nH]ncc23)cc1. The number of rotatable bonds is 6. The smallest absolute Gasteiger partial charge is 0.318 e. The van der Waals surface area contributed by atoms with Crippen LogP contribution in [0.4, 0.5) is 10.5 Å². The summed E-state index contributed by atoms with van der Waals surface area (Å²) in [4.78, 5) is 23.1. The molecule has 4 rings (SSSR count). The van der Waals surface area contributed by atoms with Gasteiger partial charge in [0.2, 0.25) is 0 Å². The minimum atomic E-state index is -1.00. The van der Waals surface area contributed by atoms with Gasteiger partial charge < -0.3 is 20.5 Å². The number of urea groups is 1. The summed E-state index contributed by atoms with van der Waals surface area (Å²) in [6.45, 7) is 6.56. The highest BCUT2D eigenvalue weighted by Gasteiger charge is 2.30. The van der Waals surface area contributed by atoms with Gasteiger partial charge in [-0.05, 0) is 26.0 Å². The van der Waals surface area contributed by atoms with Crippen LogP contribution in [-0.2, 0) is 11.2 Å². The van der Waals surface area contributed by atoms with Gasteiger partial charge >= 0.3 is 6.03 Å². The second-order valence-corrected chi connectivity index (χ2v) is 8.47. The molecule has 0 bridgehead atoms. The van der Waals surface area contributed by atoms with Crippen LogP contribution >= 0.6 is 0 Å². The Hall–Kier alpha value is -3.08. The molecule has 0 saturated carbocycles. The standard InChI is InChI=1S/C22H29N7O3/c1-14-12-32-9-8-29(14)13-22(2,31)10-18-26-19(17-11-24-28-20(17)27-18)15-4-6-16(7-5-15)25-21(30)23-3/h4-7,11,14,31H,8-10,12-13H2,1-3H3,(H2,23,25,30)(H,24,26,27,28)/t14-,22?/m1/s1. The van der Waals surface area contributed by atoms with E-state index in [1.54, 1.807) is 13.2 Å². The fraction of sp³-hybridized carbons (Fsp3) is 0.455. The lowest BCUT2D eigenvalue weighted by Crippen LogP contribution is -2.51. The van der Waals surface area contributed by atoms with E-state index in [-0.39, 0.29) is 12.1 Å². The Morgan fingerprint density at radius 3 is 2.84 bits per heavy atom. The van der Waals surface area contributed by atoms with Crippen molar-refractivity contribution in [1.82, 2.24) is 30.4 Å². The van der Waals surface area contributed by atoms with Crippen LogP contribution in [0.5, 0.6) is 0 Å².